The van der Waals surface area contributed by atoms with Gasteiger partial charge in [-0.2, -0.15) is 0 Å². The maximum absolute atomic E-state index is 11.0. The van der Waals surface area contributed by atoms with Crippen molar-refractivity contribution >= 4 is 5.91 Å². The highest BCUT2D eigenvalue weighted by Crippen LogP contribution is 2.19. The van der Waals surface area contributed by atoms with Crippen LogP contribution < -0.4 is 10.6 Å². The van der Waals surface area contributed by atoms with E-state index in [0.717, 1.165) is 6.54 Å². The van der Waals surface area contributed by atoms with E-state index in [4.69, 9.17) is 0 Å². The van der Waals surface area contributed by atoms with Gasteiger partial charge in [0.1, 0.15) is 0 Å². The first kappa shape index (κ1) is 13.4. The van der Waals surface area contributed by atoms with E-state index in [1.54, 1.807) is 7.05 Å². The second-order valence-corrected chi connectivity index (χ2v) is 4.46. The van der Waals surface area contributed by atoms with Crippen molar-refractivity contribution in [3.63, 3.8) is 0 Å². The predicted molar refractivity (Wildman–Crippen MR) is 60.1 cm³/mol. The van der Waals surface area contributed by atoms with Crippen molar-refractivity contribution in [2.45, 2.75) is 27.7 Å². The van der Waals surface area contributed by atoms with Gasteiger partial charge in [0, 0.05) is 7.05 Å². The van der Waals surface area contributed by atoms with Crippen LogP contribution in [-0.4, -0.2) is 26.0 Å². The van der Waals surface area contributed by atoms with Gasteiger partial charge in [0.15, 0.2) is 0 Å². The molecule has 0 saturated carbocycles. The van der Waals surface area contributed by atoms with E-state index in [-0.39, 0.29) is 5.91 Å². The number of hydrogen-bond donors (Lipinski definition) is 2. The highest BCUT2D eigenvalue weighted by Gasteiger charge is 2.16. The van der Waals surface area contributed by atoms with Gasteiger partial charge in [0.2, 0.25) is 5.91 Å². The Labute approximate surface area is 87.6 Å². The summed E-state index contributed by atoms with van der Waals surface area (Å²) < 4.78 is 0. The van der Waals surface area contributed by atoms with Crippen LogP contribution in [0.2, 0.25) is 0 Å². The summed E-state index contributed by atoms with van der Waals surface area (Å²) in [6.45, 7) is 10.3. The van der Waals surface area contributed by atoms with Gasteiger partial charge >= 0.3 is 0 Å². The predicted octanol–water partition coefficient (Wildman–Crippen LogP) is 1.25. The molecule has 0 aromatic heterocycles. The minimum atomic E-state index is 0.0521. The monoisotopic (exact) mass is 200 g/mol. The summed E-state index contributed by atoms with van der Waals surface area (Å²) in [7, 11) is 1.66. The Morgan fingerprint density at radius 1 is 1.14 bits per heavy atom. The molecular weight excluding hydrogens is 176 g/mol. The topological polar surface area (TPSA) is 41.1 Å². The smallest absolute Gasteiger partial charge is 0.233 e. The molecule has 14 heavy (non-hydrogen) atoms. The third kappa shape index (κ3) is 5.22. The fourth-order valence-electron chi connectivity index (χ4n) is 1.68. The highest BCUT2D eigenvalue weighted by molar-refractivity contribution is 5.77. The lowest BCUT2D eigenvalue weighted by molar-refractivity contribution is -0.119. The summed E-state index contributed by atoms with van der Waals surface area (Å²) in [5.41, 5.74) is 0. The van der Waals surface area contributed by atoms with Crippen LogP contribution in [0.25, 0.3) is 0 Å². The van der Waals surface area contributed by atoms with E-state index in [0.29, 0.717) is 24.3 Å². The Bertz CT molecular complexity index is 159. The SMILES string of the molecule is CNC(=O)CNCC(C(C)C)C(C)C. The molecule has 0 rings (SSSR count). The molecule has 0 aliphatic heterocycles. The molecule has 0 radical (unpaired) electrons. The molecule has 84 valence electrons. The quantitative estimate of drug-likeness (QED) is 0.677. The summed E-state index contributed by atoms with van der Waals surface area (Å²) in [4.78, 5) is 11.0. The number of carbonyl (C=O) groups is 1. The Hall–Kier alpha value is -0.570. The standard InChI is InChI=1S/C11H24N2O/c1-8(2)10(9(3)4)6-13-7-11(14)12-5/h8-10,13H,6-7H2,1-5H3,(H,12,14). The molecule has 0 fully saturated rings. The van der Waals surface area contributed by atoms with Crippen LogP contribution in [0.5, 0.6) is 0 Å². The lowest BCUT2D eigenvalue weighted by Gasteiger charge is -2.24. The summed E-state index contributed by atoms with van der Waals surface area (Å²) in [5.74, 6) is 2.01. The minimum absolute atomic E-state index is 0.0521. The van der Waals surface area contributed by atoms with Crippen molar-refractivity contribution in [1.82, 2.24) is 10.6 Å². The van der Waals surface area contributed by atoms with Gasteiger partial charge in [-0.15, -0.1) is 0 Å². The number of nitrogens with one attached hydrogen (secondary N) is 2. The average molecular weight is 200 g/mol. The minimum Gasteiger partial charge on any atom is -0.358 e. The fourth-order valence-corrected chi connectivity index (χ4v) is 1.68. The molecule has 0 aromatic carbocycles. The summed E-state index contributed by atoms with van der Waals surface area (Å²) in [6, 6.07) is 0. The number of rotatable bonds is 6. The Balaban J connectivity index is 3.78. The van der Waals surface area contributed by atoms with Gasteiger partial charge in [-0.3, -0.25) is 4.79 Å². The maximum Gasteiger partial charge on any atom is 0.233 e. The van der Waals surface area contributed by atoms with Gasteiger partial charge in [-0.25, -0.2) is 0 Å². The normalized spacial score (nSPS) is 11.4. The van der Waals surface area contributed by atoms with Gasteiger partial charge in [0.25, 0.3) is 0 Å². The van der Waals surface area contributed by atoms with E-state index < -0.39 is 0 Å². The number of likely N-dealkylation sites (N-methyl/N-ethyl adjacent to an activating group) is 1. The third-order valence-electron chi connectivity index (χ3n) is 2.66. The van der Waals surface area contributed by atoms with E-state index in [2.05, 4.69) is 38.3 Å². The molecule has 0 bridgehead atoms. The van der Waals surface area contributed by atoms with Crippen LogP contribution in [-0.2, 0) is 4.79 Å². The van der Waals surface area contributed by atoms with Gasteiger partial charge < -0.3 is 10.6 Å². The van der Waals surface area contributed by atoms with Crippen LogP contribution in [0.3, 0.4) is 0 Å². The van der Waals surface area contributed by atoms with E-state index in [1.807, 2.05) is 0 Å². The molecule has 0 aliphatic carbocycles. The molecule has 3 heteroatoms. The van der Waals surface area contributed by atoms with Crippen molar-refractivity contribution in [3.8, 4) is 0 Å². The van der Waals surface area contributed by atoms with Crippen molar-refractivity contribution < 1.29 is 4.79 Å². The zero-order chi connectivity index (χ0) is 11.1. The van der Waals surface area contributed by atoms with Crippen molar-refractivity contribution in [1.29, 1.82) is 0 Å². The summed E-state index contributed by atoms with van der Waals surface area (Å²) >= 11 is 0. The van der Waals surface area contributed by atoms with Crippen molar-refractivity contribution in [3.05, 3.63) is 0 Å². The molecule has 0 unspecified atom stereocenters. The molecule has 0 heterocycles. The second-order valence-electron chi connectivity index (χ2n) is 4.46. The van der Waals surface area contributed by atoms with E-state index in [1.165, 1.54) is 0 Å². The third-order valence-corrected chi connectivity index (χ3v) is 2.66. The number of carbonyl (C=O) groups excluding carboxylic acids is 1. The van der Waals surface area contributed by atoms with E-state index in [9.17, 15) is 4.79 Å². The maximum atomic E-state index is 11.0. The first-order chi connectivity index (χ1) is 6.49. The van der Waals surface area contributed by atoms with Crippen LogP contribution in [0.4, 0.5) is 0 Å². The van der Waals surface area contributed by atoms with Crippen LogP contribution >= 0.6 is 0 Å². The molecule has 0 saturated heterocycles. The highest BCUT2D eigenvalue weighted by atomic mass is 16.1. The zero-order valence-electron chi connectivity index (χ0n) is 10.1. The van der Waals surface area contributed by atoms with E-state index >= 15 is 0 Å². The first-order valence-electron chi connectivity index (χ1n) is 5.40. The molecule has 0 aliphatic rings. The Morgan fingerprint density at radius 3 is 2.00 bits per heavy atom. The lowest BCUT2D eigenvalue weighted by atomic mass is 9.85. The molecule has 3 nitrogen and oxygen atoms in total. The molecule has 0 aromatic rings. The molecule has 0 spiro atoms. The van der Waals surface area contributed by atoms with Crippen LogP contribution in [0, 0.1) is 17.8 Å². The summed E-state index contributed by atoms with van der Waals surface area (Å²) in [5, 5.41) is 5.78. The lowest BCUT2D eigenvalue weighted by Crippen LogP contribution is -2.36. The molecule has 0 atom stereocenters. The Kier molecular flexibility index (Phi) is 6.54. The summed E-state index contributed by atoms with van der Waals surface area (Å²) in [6.07, 6.45) is 0. The molecule has 1 amide bonds. The van der Waals surface area contributed by atoms with Crippen molar-refractivity contribution in [2.75, 3.05) is 20.1 Å². The number of hydrogen-bond acceptors (Lipinski definition) is 2. The van der Waals surface area contributed by atoms with Crippen LogP contribution in [0.15, 0.2) is 0 Å². The Morgan fingerprint density at radius 2 is 1.64 bits per heavy atom. The number of amides is 1. The fraction of sp³-hybridized carbons (Fsp3) is 0.909. The van der Waals surface area contributed by atoms with Gasteiger partial charge in [0.05, 0.1) is 6.54 Å². The van der Waals surface area contributed by atoms with Crippen molar-refractivity contribution in [2.24, 2.45) is 17.8 Å². The molecular formula is C11H24N2O. The van der Waals surface area contributed by atoms with Gasteiger partial charge in [-0.05, 0) is 24.3 Å². The van der Waals surface area contributed by atoms with Crippen LogP contribution in [0.1, 0.15) is 27.7 Å². The zero-order valence-corrected chi connectivity index (χ0v) is 10.1. The average Bonchev–Trinajstić information content (AvgIpc) is 2.10. The molecule has 2 N–H and O–H groups in total. The first-order valence-corrected chi connectivity index (χ1v) is 5.40. The largest absolute Gasteiger partial charge is 0.358 e. The second kappa shape index (κ2) is 6.82. The van der Waals surface area contributed by atoms with Gasteiger partial charge in [-0.1, -0.05) is 27.7 Å².